The molecule has 0 bridgehead atoms. The second-order valence-electron chi connectivity index (χ2n) is 20.0. The van der Waals surface area contributed by atoms with Crippen LogP contribution in [0.3, 0.4) is 0 Å². The van der Waals surface area contributed by atoms with Gasteiger partial charge in [0.1, 0.15) is 34.5 Å². The van der Waals surface area contributed by atoms with Crippen molar-refractivity contribution >= 4 is 11.9 Å². The topological polar surface area (TPSA) is 89.5 Å². The minimum Gasteiger partial charge on any atom is -0.493 e. The number of rotatable bonds is 33. The van der Waals surface area contributed by atoms with Crippen LogP contribution < -0.4 is 28.4 Å². The highest BCUT2D eigenvalue weighted by molar-refractivity contribution is 5.93. The number of hydrogen-bond donors (Lipinski definition) is 0. The molecule has 4 aromatic rings. The average molecular weight is 963 g/mol. The lowest BCUT2D eigenvalue weighted by atomic mass is 9.96. The fourth-order valence-corrected chi connectivity index (χ4v) is 9.02. The van der Waals surface area contributed by atoms with E-state index in [4.69, 9.17) is 28.4 Å². The fourth-order valence-electron chi connectivity index (χ4n) is 9.02. The quantitative estimate of drug-likeness (QED) is 0.0345. The van der Waals surface area contributed by atoms with Gasteiger partial charge in [-0.25, -0.2) is 9.59 Å². The van der Waals surface area contributed by atoms with Crippen molar-refractivity contribution < 1.29 is 38.0 Å². The van der Waals surface area contributed by atoms with Crippen molar-refractivity contribution in [3.8, 4) is 45.6 Å². The van der Waals surface area contributed by atoms with Crippen LogP contribution in [0.1, 0.15) is 201 Å². The van der Waals surface area contributed by atoms with Crippen LogP contribution >= 0.6 is 0 Å². The molecule has 70 heavy (non-hydrogen) atoms. The molecule has 0 spiro atoms. The van der Waals surface area contributed by atoms with Gasteiger partial charge in [-0.15, -0.1) is 0 Å². The van der Waals surface area contributed by atoms with Crippen molar-refractivity contribution in [3.05, 3.63) is 94.0 Å². The van der Waals surface area contributed by atoms with E-state index in [-0.39, 0.29) is 0 Å². The lowest BCUT2D eigenvalue weighted by Crippen LogP contribution is -2.15. The fraction of sp³-hybridized carbons (Fsp3) is 0.581. The van der Waals surface area contributed by atoms with Crippen LogP contribution in [0.4, 0.5) is 0 Å². The summed E-state index contributed by atoms with van der Waals surface area (Å²) in [5.74, 6) is 4.32. The second-order valence-corrected chi connectivity index (χ2v) is 20.0. The highest BCUT2D eigenvalue weighted by Gasteiger charge is 2.21. The number of unbranched alkanes of at least 4 members (excludes halogenated alkanes) is 4. The maximum atomic E-state index is 14.0. The lowest BCUT2D eigenvalue weighted by molar-refractivity contribution is 0.0722. The predicted octanol–water partition coefficient (Wildman–Crippen LogP) is 17.4. The summed E-state index contributed by atoms with van der Waals surface area (Å²) in [5.41, 5.74) is 6.01. The molecular weight excluding hydrogens is 873 g/mol. The molecule has 0 heterocycles. The van der Waals surface area contributed by atoms with E-state index >= 15 is 0 Å². The van der Waals surface area contributed by atoms with E-state index in [0.717, 1.165) is 136 Å². The van der Waals surface area contributed by atoms with Crippen molar-refractivity contribution in [2.24, 2.45) is 23.7 Å². The molecule has 8 heteroatoms. The number of ether oxygens (including phenoxy) is 6. The Kier molecular flexibility index (Phi) is 25.3. The molecule has 0 saturated heterocycles. The zero-order valence-corrected chi connectivity index (χ0v) is 45.5. The highest BCUT2D eigenvalue weighted by atomic mass is 16.5. The number of benzene rings is 4. The summed E-state index contributed by atoms with van der Waals surface area (Å²) < 4.78 is 37.9. The summed E-state index contributed by atoms with van der Waals surface area (Å²) in [6.07, 6.45) is 17.8. The summed E-state index contributed by atoms with van der Waals surface area (Å²) >= 11 is 0. The smallest absolute Gasteiger partial charge is 0.343 e. The Labute approximate surface area is 423 Å². The first kappa shape index (κ1) is 57.6. The van der Waals surface area contributed by atoms with E-state index in [1.54, 1.807) is 24.3 Å². The first-order valence-corrected chi connectivity index (χ1v) is 27.3. The predicted molar refractivity (Wildman–Crippen MR) is 289 cm³/mol. The molecule has 0 aliphatic carbocycles. The van der Waals surface area contributed by atoms with Gasteiger partial charge in [-0.2, -0.15) is 0 Å². The normalized spacial score (nSPS) is 13.0. The van der Waals surface area contributed by atoms with Gasteiger partial charge in [0, 0.05) is 12.1 Å². The Morgan fingerprint density at radius 1 is 0.371 bits per heavy atom. The Morgan fingerprint density at radius 2 is 0.614 bits per heavy atom. The SMILES string of the molecule is CCCCC(CC)COc1cc(OCC(CC)CCCC)cc(C(=O)Oc2c(C)cc(-c3cc(C)c(OC(=O)c4cc(OCC(CC)CCCC)cc(OCC(CC)CCCC)c4)c(C)c3)cc2C)c1. The Balaban J connectivity index is 1.56. The number of hydrogen-bond acceptors (Lipinski definition) is 8. The molecule has 4 aromatic carbocycles. The van der Waals surface area contributed by atoms with Gasteiger partial charge in [-0.05, 0) is 159 Å². The van der Waals surface area contributed by atoms with E-state index in [1.165, 1.54) is 0 Å². The van der Waals surface area contributed by atoms with Gasteiger partial charge < -0.3 is 28.4 Å². The van der Waals surface area contributed by atoms with Gasteiger partial charge in [-0.1, -0.05) is 132 Å². The molecule has 4 rings (SSSR count). The van der Waals surface area contributed by atoms with Crippen LogP contribution in [0.5, 0.6) is 34.5 Å². The van der Waals surface area contributed by atoms with Crippen molar-refractivity contribution in [2.75, 3.05) is 26.4 Å². The summed E-state index contributed by atoms with van der Waals surface area (Å²) in [6.45, 7) is 27.8. The molecule has 0 N–H and O–H groups in total. The van der Waals surface area contributed by atoms with Crippen molar-refractivity contribution in [1.82, 2.24) is 0 Å². The van der Waals surface area contributed by atoms with Crippen LogP contribution in [0.2, 0.25) is 0 Å². The van der Waals surface area contributed by atoms with Crippen molar-refractivity contribution in [1.29, 1.82) is 0 Å². The van der Waals surface area contributed by atoms with Gasteiger partial charge in [0.05, 0.1) is 37.6 Å². The summed E-state index contributed by atoms with van der Waals surface area (Å²) in [7, 11) is 0. The zero-order chi connectivity index (χ0) is 51.0. The van der Waals surface area contributed by atoms with Crippen LogP contribution in [-0.4, -0.2) is 38.4 Å². The van der Waals surface area contributed by atoms with Crippen LogP contribution in [0, 0.1) is 51.4 Å². The Morgan fingerprint density at radius 3 is 0.829 bits per heavy atom. The molecule has 386 valence electrons. The van der Waals surface area contributed by atoms with Crippen molar-refractivity contribution in [3.63, 3.8) is 0 Å². The highest BCUT2D eigenvalue weighted by Crippen LogP contribution is 2.36. The number of esters is 2. The summed E-state index contributed by atoms with van der Waals surface area (Å²) in [6, 6.07) is 19.1. The minimum atomic E-state index is -0.465. The lowest BCUT2D eigenvalue weighted by Gasteiger charge is -2.19. The Hall–Kier alpha value is -4.98. The van der Waals surface area contributed by atoms with Gasteiger partial charge in [0.2, 0.25) is 0 Å². The van der Waals surface area contributed by atoms with Crippen LogP contribution in [-0.2, 0) is 0 Å². The molecule has 0 amide bonds. The van der Waals surface area contributed by atoms with E-state index in [0.29, 0.717) is 95.7 Å². The van der Waals surface area contributed by atoms with Gasteiger partial charge >= 0.3 is 11.9 Å². The monoisotopic (exact) mass is 963 g/mol. The first-order valence-electron chi connectivity index (χ1n) is 27.3. The van der Waals surface area contributed by atoms with Gasteiger partial charge in [0.25, 0.3) is 0 Å². The van der Waals surface area contributed by atoms with E-state index in [9.17, 15) is 9.59 Å². The molecule has 0 radical (unpaired) electrons. The third kappa shape index (κ3) is 18.3. The van der Waals surface area contributed by atoms with Crippen LogP contribution in [0.25, 0.3) is 11.1 Å². The van der Waals surface area contributed by atoms with E-state index in [2.05, 4.69) is 55.4 Å². The van der Waals surface area contributed by atoms with Gasteiger partial charge in [-0.3, -0.25) is 0 Å². The molecule has 0 saturated carbocycles. The molecule has 0 aliphatic rings. The number of aryl methyl sites for hydroxylation is 4. The van der Waals surface area contributed by atoms with Gasteiger partial charge in [0.15, 0.2) is 0 Å². The maximum absolute atomic E-state index is 14.0. The van der Waals surface area contributed by atoms with Crippen LogP contribution in [0.15, 0.2) is 60.7 Å². The summed E-state index contributed by atoms with van der Waals surface area (Å²) in [4.78, 5) is 28.1. The van der Waals surface area contributed by atoms with E-state index < -0.39 is 11.9 Å². The molecule has 0 aromatic heterocycles. The Bertz CT molecular complexity index is 1930. The maximum Gasteiger partial charge on any atom is 0.343 e. The molecule has 4 unspecified atom stereocenters. The largest absolute Gasteiger partial charge is 0.493 e. The first-order chi connectivity index (χ1) is 33.8. The minimum absolute atomic E-state index is 0.387. The zero-order valence-electron chi connectivity index (χ0n) is 45.5. The number of carbonyl (C=O) groups is 2. The van der Waals surface area contributed by atoms with E-state index in [1.807, 2.05) is 64.1 Å². The molecule has 0 fully saturated rings. The molecular formula is C62H90O8. The average Bonchev–Trinajstić information content (AvgIpc) is 3.36. The standard InChI is InChI=1S/C62H90O8/c1-13-21-25-47(17-5)39-65-55-33-53(34-56(37-55)66-40-48(18-6)26-22-14-2)61(63)69-59-43(9)29-51(30-44(59)10)52-31-45(11)60(46(12)32-52)70-62(64)54-35-57(67-41-49(19-7)27-23-15-3)38-58(36-54)68-42-50(20-8)28-24-16-4/h29-38,47-50H,13-28,39-42H2,1-12H3. The third-order valence-corrected chi connectivity index (χ3v) is 14.0. The molecule has 0 aliphatic heterocycles. The third-order valence-electron chi connectivity index (χ3n) is 14.0. The number of carbonyl (C=O) groups excluding carboxylic acids is 2. The molecule has 4 atom stereocenters. The summed E-state index contributed by atoms with van der Waals surface area (Å²) in [5, 5.41) is 0. The van der Waals surface area contributed by atoms with Crippen molar-refractivity contribution in [2.45, 2.75) is 186 Å². The second kappa shape index (κ2) is 30.7. The molecule has 8 nitrogen and oxygen atoms in total.